The summed E-state index contributed by atoms with van der Waals surface area (Å²) in [4.78, 5) is 22.3. The summed E-state index contributed by atoms with van der Waals surface area (Å²) in [6, 6.07) is 0. The van der Waals surface area contributed by atoms with E-state index in [9.17, 15) is 9.59 Å². The molecular weight excluding hydrogens is 164 g/mol. The Labute approximate surface area is 69.9 Å². The van der Waals surface area contributed by atoms with Crippen LogP contribution < -0.4 is 0 Å². The van der Waals surface area contributed by atoms with Crippen molar-refractivity contribution in [2.24, 2.45) is 11.3 Å². The Morgan fingerprint density at radius 3 is 2.64 bits per heavy atom. The zero-order valence-electron chi connectivity index (χ0n) is 6.10. The van der Waals surface area contributed by atoms with E-state index in [1.54, 1.807) is 0 Å². The SMILES string of the molecule is O=C(Cl)C12CCC(CC1=O)C2. The Morgan fingerprint density at radius 2 is 2.36 bits per heavy atom. The Kier molecular flexibility index (Phi) is 1.37. The summed E-state index contributed by atoms with van der Waals surface area (Å²) in [5.41, 5.74) is -0.744. The molecule has 0 aromatic rings. The van der Waals surface area contributed by atoms with Crippen molar-refractivity contribution < 1.29 is 9.59 Å². The van der Waals surface area contributed by atoms with E-state index in [1.807, 2.05) is 0 Å². The third-order valence-electron chi connectivity index (χ3n) is 3.00. The molecule has 2 bridgehead atoms. The molecule has 2 fully saturated rings. The molecule has 2 atom stereocenters. The topological polar surface area (TPSA) is 34.1 Å². The zero-order chi connectivity index (χ0) is 8.06. The van der Waals surface area contributed by atoms with Gasteiger partial charge >= 0.3 is 0 Å². The first-order valence-corrected chi connectivity index (χ1v) is 4.26. The average Bonchev–Trinajstić information content (AvgIpc) is 2.43. The van der Waals surface area contributed by atoms with Crippen LogP contribution in [0, 0.1) is 11.3 Å². The molecular formula is C8H9ClO2. The van der Waals surface area contributed by atoms with Gasteiger partial charge in [0.25, 0.3) is 0 Å². The van der Waals surface area contributed by atoms with Gasteiger partial charge in [-0.15, -0.1) is 0 Å². The number of hydrogen-bond donors (Lipinski definition) is 0. The fourth-order valence-corrected chi connectivity index (χ4v) is 2.60. The fraction of sp³-hybridized carbons (Fsp3) is 0.750. The highest BCUT2D eigenvalue weighted by Crippen LogP contribution is 2.52. The predicted octanol–water partition coefficient (Wildman–Crippen LogP) is 1.51. The molecule has 2 nitrogen and oxygen atoms in total. The van der Waals surface area contributed by atoms with Gasteiger partial charge in [-0.2, -0.15) is 0 Å². The van der Waals surface area contributed by atoms with E-state index >= 15 is 0 Å². The maximum atomic E-state index is 11.3. The van der Waals surface area contributed by atoms with Crippen LogP contribution in [0.4, 0.5) is 0 Å². The van der Waals surface area contributed by atoms with Crippen LogP contribution in [0.15, 0.2) is 0 Å². The molecule has 60 valence electrons. The third kappa shape index (κ3) is 0.791. The summed E-state index contributed by atoms with van der Waals surface area (Å²) in [6.07, 6.45) is 3.00. The highest BCUT2D eigenvalue weighted by atomic mass is 35.5. The smallest absolute Gasteiger partial charge is 0.235 e. The molecule has 0 N–H and O–H groups in total. The number of rotatable bonds is 1. The number of carbonyl (C=O) groups is 2. The second-order valence-corrected chi connectivity index (χ2v) is 3.94. The molecule has 0 amide bonds. The highest BCUT2D eigenvalue weighted by molar-refractivity contribution is 6.66. The van der Waals surface area contributed by atoms with Crippen molar-refractivity contribution in [2.75, 3.05) is 0 Å². The quantitative estimate of drug-likeness (QED) is 0.444. The van der Waals surface area contributed by atoms with Gasteiger partial charge in [0.2, 0.25) is 5.24 Å². The van der Waals surface area contributed by atoms with Crippen LogP contribution in [-0.2, 0) is 9.59 Å². The molecule has 2 unspecified atom stereocenters. The number of Topliss-reactive ketones (excluding diaryl/α,β-unsaturated/α-hetero) is 1. The van der Waals surface area contributed by atoms with E-state index in [4.69, 9.17) is 11.6 Å². The summed E-state index contributed by atoms with van der Waals surface area (Å²) < 4.78 is 0. The first kappa shape index (κ1) is 7.29. The minimum atomic E-state index is -0.744. The maximum absolute atomic E-state index is 11.3. The Balaban J connectivity index is 2.37. The van der Waals surface area contributed by atoms with Crippen LogP contribution in [0.2, 0.25) is 0 Å². The van der Waals surface area contributed by atoms with E-state index in [2.05, 4.69) is 0 Å². The summed E-state index contributed by atoms with van der Waals surface area (Å²) in [6.45, 7) is 0. The molecule has 2 rings (SSSR count). The van der Waals surface area contributed by atoms with Gasteiger partial charge in [-0.1, -0.05) is 0 Å². The van der Waals surface area contributed by atoms with E-state index in [-0.39, 0.29) is 5.78 Å². The lowest BCUT2D eigenvalue weighted by Crippen LogP contribution is -2.31. The second kappa shape index (κ2) is 2.07. The first-order chi connectivity index (χ1) is 5.15. The van der Waals surface area contributed by atoms with Crippen LogP contribution in [0.3, 0.4) is 0 Å². The second-order valence-electron chi connectivity index (χ2n) is 3.59. The number of halogens is 1. The van der Waals surface area contributed by atoms with Crippen molar-refractivity contribution in [1.82, 2.24) is 0 Å². The van der Waals surface area contributed by atoms with Gasteiger partial charge in [-0.25, -0.2) is 0 Å². The van der Waals surface area contributed by atoms with Crippen molar-refractivity contribution in [3.8, 4) is 0 Å². The molecule has 0 aromatic heterocycles. The molecule has 0 aromatic carbocycles. The lowest BCUT2D eigenvalue weighted by Gasteiger charge is -2.18. The van der Waals surface area contributed by atoms with Crippen LogP contribution in [-0.4, -0.2) is 11.0 Å². The standard InChI is InChI=1S/C8H9ClO2/c9-7(11)8-2-1-5(4-8)3-6(8)10/h5H,1-4H2. The molecule has 0 radical (unpaired) electrons. The fourth-order valence-electron chi connectivity index (χ4n) is 2.32. The van der Waals surface area contributed by atoms with E-state index in [0.29, 0.717) is 25.2 Å². The minimum absolute atomic E-state index is 0.0775. The molecule has 2 saturated carbocycles. The average molecular weight is 173 g/mol. The van der Waals surface area contributed by atoms with Crippen LogP contribution in [0.25, 0.3) is 0 Å². The Bertz CT molecular complexity index is 236. The normalized spacial score (nSPS) is 41.5. The third-order valence-corrected chi connectivity index (χ3v) is 3.36. The number of fused-ring (bicyclic) bond motifs is 2. The van der Waals surface area contributed by atoms with Crippen molar-refractivity contribution in [3.63, 3.8) is 0 Å². The van der Waals surface area contributed by atoms with Gasteiger partial charge < -0.3 is 0 Å². The van der Waals surface area contributed by atoms with Gasteiger partial charge in [0.05, 0.1) is 0 Å². The number of carbonyl (C=O) groups excluding carboxylic acids is 2. The van der Waals surface area contributed by atoms with Gasteiger partial charge in [0, 0.05) is 6.42 Å². The van der Waals surface area contributed by atoms with Crippen LogP contribution in [0.1, 0.15) is 25.7 Å². The Hall–Kier alpha value is -0.370. The largest absolute Gasteiger partial charge is 0.299 e. The molecule has 11 heavy (non-hydrogen) atoms. The monoisotopic (exact) mass is 172 g/mol. The molecule has 3 heteroatoms. The lowest BCUT2D eigenvalue weighted by atomic mass is 9.84. The van der Waals surface area contributed by atoms with Crippen molar-refractivity contribution in [2.45, 2.75) is 25.7 Å². The molecule has 0 aliphatic heterocycles. The van der Waals surface area contributed by atoms with E-state index in [1.165, 1.54) is 0 Å². The summed E-state index contributed by atoms with van der Waals surface area (Å²) in [5, 5.41) is -0.428. The van der Waals surface area contributed by atoms with Crippen molar-refractivity contribution in [1.29, 1.82) is 0 Å². The number of hydrogen-bond acceptors (Lipinski definition) is 2. The van der Waals surface area contributed by atoms with Crippen LogP contribution >= 0.6 is 11.6 Å². The molecule has 2 aliphatic carbocycles. The minimum Gasteiger partial charge on any atom is -0.299 e. The van der Waals surface area contributed by atoms with Gasteiger partial charge in [0.1, 0.15) is 11.2 Å². The molecule has 0 spiro atoms. The van der Waals surface area contributed by atoms with Gasteiger partial charge in [-0.05, 0) is 36.8 Å². The van der Waals surface area contributed by atoms with Crippen molar-refractivity contribution in [3.05, 3.63) is 0 Å². The molecule has 0 saturated heterocycles. The lowest BCUT2D eigenvalue weighted by molar-refractivity contribution is -0.134. The van der Waals surface area contributed by atoms with Crippen LogP contribution in [0.5, 0.6) is 0 Å². The van der Waals surface area contributed by atoms with E-state index < -0.39 is 10.7 Å². The van der Waals surface area contributed by atoms with E-state index in [0.717, 1.165) is 6.42 Å². The zero-order valence-corrected chi connectivity index (χ0v) is 6.86. The number of ketones is 1. The highest BCUT2D eigenvalue weighted by Gasteiger charge is 2.55. The molecule has 0 heterocycles. The van der Waals surface area contributed by atoms with Gasteiger partial charge in [-0.3, -0.25) is 9.59 Å². The maximum Gasteiger partial charge on any atom is 0.235 e. The summed E-state index contributed by atoms with van der Waals surface area (Å²) >= 11 is 5.40. The summed E-state index contributed by atoms with van der Waals surface area (Å²) in [5.74, 6) is 0.527. The van der Waals surface area contributed by atoms with Gasteiger partial charge in [0.15, 0.2) is 0 Å². The predicted molar refractivity (Wildman–Crippen MR) is 40.3 cm³/mol. The molecule has 2 aliphatic rings. The Morgan fingerprint density at radius 1 is 1.64 bits per heavy atom. The first-order valence-electron chi connectivity index (χ1n) is 3.88. The van der Waals surface area contributed by atoms with Crippen molar-refractivity contribution >= 4 is 22.6 Å². The summed E-state index contributed by atoms with van der Waals surface area (Å²) in [7, 11) is 0.